The van der Waals surface area contributed by atoms with Crippen molar-refractivity contribution >= 4 is 5.91 Å². The van der Waals surface area contributed by atoms with Crippen LogP contribution in [0.15, 0.2) is 24.3 Å². The Bertz CT molecular complexity index is 435. The van der Waals surface area contributed by atoms with Gasteiger partial charge in [0.15, 0.2) is 0 Å². The van der Waals surface area contributed by atoms with Gasteiger partial charge in [-0.2, -0.15) is 0 Å². The first-order valence-electron chi connectivity index (χ1n) is 7.19. The van der Waals surface area contributed by atoms with E-state index in [-0.39, 0.29) is 17.5 Å². The molecule has 0 bridgehead atoms. The summed E-state index contributed by atoms with van der Waals surface area (Å²) in [7, 11) is 0. The average molecular weight is 260 g/mol. The van der Waals surface area contributed by atoms with Gasteiger partial charge >= 0.3 is 0 Å². The summed E-state index contributed by atoms with van der Waals surface area (Å²) in [5.74, 6) is 0.0641. The molecule has 0 aliphatic heterocycles. The second-order valence-corrected chi connectivity index (χ2v) is 5.78. The van der Waals surface area contributed by atoms with Gasteiger partial charge in [0.25, 0.3) is 0 Å². The number of carbonyl (C=O) groups excluding carboxylic acids is 1. The molecule has 0 radical (unpaired) electrons. The van der Waals surface area contributed by atoms with E-state index in [0.717, 1.165) is 31.2 Å². The third-order valence-corrected chi connectivity index (χ3v) is 4.13. The first-order chi connectivity index (χ1) is 9.02. The van der Waals surface area contributed by atoms with Crippen molar-refractivity contribution in [1.82, 2.24) is 5.32 Å². The molecule has 1 fully saturated rings. The SMILES string of the molecule is CCc1ccc(C(C)NC(=O)CC2(N)CCC2)cc1. The van der Waals surface area contributed by atoms with Crippen LogP contribution in [0, 0.1) is 0 Å². The van der Waals surface area contributed by atoms with Crippen LogP contribution in [0.2, 0.25) is 0 Å². The fourth-order valence-electron chi connectivity index (χ4n) is 2.55. The molecule has 1 unspecified atom stereocenters. The maximum atomic E-state index is 12.0. The summed E-state index contributed by atoms with van der Waals surface area (Å²) >= 11 is 0. The second-order valence-electron chi connectivity index (χ2n) is 5.78. The van der Waals surface area contributed by atoms with Crippen molar-refractivity contribution in [3.8, 4) is 0 Å². The molecule has 1 aliphatic rings. The van der Waals surface area contributed by atoms with E-state index in [4.69, 9.17) is 5.73 Å². The van der Waals surface area contributed by atoms with Crippen molar-refractivity contribution in [2.45, 2.75) is 57.5 Å². The molecule has 3 heteroatoms. The van der Waals surface area contributed by atoms with Crippen LogP contribution in [0.5, 0.6) is 0 Å². The number of carbonyl (C=O) groups is 1. The molecular weight excluding hydrogens is 236 g/mol. The van der Waals surface area contributed by atoms with Crippen molar-refractivity contribution < 1.29 is 4.79 Å². The standard InChI is InChI=1S/C16H24N2O/c1-3-13-5-7-14(8-6-13)12(2)18-15(19)11-16(17)9-4-10-16/h5-8,12H,3-4,9-11,17H2,1-2H3,(H,18,19). The number of benzene rings is 1. The van der Waals surface area contributed by atoms with Gasteiger partial charge in [-0.05, 0) is 43.7 Å². The Morgan fingerprint density at radius 3 is 2.47 bits per heavy atom. The molecule has 2 rings (SSSR count). The van der Waals surface area contributed by atoms with Crippen LogP contribution in [0.25, 0.3) is 0 Å². The number of hydrogen-bond donors (Lipinski definition) is 2. The predicted octanol–water partition coefficient (Wildman–Crippen LogP) is 2.70. The van der Waals surface area contributed by atoms with Gasteiger partial charge in [0.2, 0.25) is 5.91 Å². The first kappa shape index (κ1) is 14.1. The van der Waals surface area contributed by atoms with Crippen molar-refractivity contribution in [1.29, 1.82) is 0 Å². The maximum Gasteiger partial charge on any atom is 0.222 e. The van der Waals surface area contributed by atoms with Crippen LogP contribution in [0.1, 0.15) is 56.7 Å². The van der Waals surface area contributed by atoms with Gasteiger partial charge in [-0.15, -0.1) is 0 Å². The molecule has 104 valence electrons. The highest BCUT2D eigenvalue weighted by Gasteiger charge is 2.34. The Morgan fingerprint density at radius 1 is 1.37 bits per heavy atom. The van der Waals surface area contributed by atoms with E-state index in [1.807, 2.05) is 6.92 Å². The summed E-state index contributed by atoms with van der Waals surface area (Å²) in [4.78, 5) is 12.0. The number of nitrogens with two attached hydrogens (primary N) is 1. The van der Waals surface area contributed by atoms with Gasteiger partial charge in [-0.3, -0.25) is 4.79 Å². The molecule has 1 aromatic rings. The molecular formula is C16H24N2O. The van der Waals surface area contributed by atoms with Crippen molar-refractivity contribution in [3.05, 3.63) is 35.4 Å². The largest absolute Gasteiger partial charge is 0.350 e. The monoisotopic (exact) mass is 260 g/mol. The van der Waals surface area contributed by atoms with Gasteiger partial charge in [-0.25, -0.2) is 0 Å². The summed E-state index contributed by atoms with van der Waals surface area (Å²) in [6.45, 7) is 4.16. The molecule has 3 N–H and O–H groups in total. The van der Waals surface area contributed by atoms with E-state index in [1.54, 1.807) is 0 Å². The molecule has 0 aromatic heterocycles. The number of hydrogen-bond acceptors (Lipinski definition) is 2. The Labute approximate surface area is 115 Å². The fourth-order valence-corrected chi connectivity index (χ4v) is 2.55. The highest BCUT2D eigenvalue weighted by molar-refractivity contribution is 5.77. The number of nitrogens with one attached hydrogen (secondary N) is 1. The third-order valence-electron chi connectivity index (χ3n) is 4.13. The van der Waals surface area contributed by atoms with Gasteiger partial charge in [0.1, 0.15) is 0 Å². The van der Waals surface area contributed by atoms with Crippen LogP contribution in [0.3, 0.4) is 0 Å². The molecule has 1 amide bonds. The summed E-state index contributed by atoms with van der Waals surface area (Å²) in [6.07, 6.45) is 4.58. The van der Waals surface area contributed by atoms with Crippen molar-refractivity contribution in [2.75, 3.05) is 0 Å². The van der Waals surface area contributed by atoms with Gasteiger partial charge < -0.3 is 11.1 Å². The lowest BCUT2D eigenvalue weighted by atomic mass is 9.75. The minimum absolute atomic E-state index is 0.0436. The maximum absolute atomic E-state index is 12.0. The number of rotatable bonds is 5. The fraction of sp³-hybridized carbons (Fsp3) is 0.562. The lowest BCUT2D eigenvalue weighted by Gasteiger charge is -2.37. The van der Waals surface area contributed by atoms with Crippen LogP contribution in [0.4, 0.5) is 0 Å². The zero-order valence-electron chi connectivity index (χ0n) is 11.9. The van der Waals surface area contributed by atoms with E-state index >= 15 is 0 Å². The molecule has 0 spiro atoms. The van der Waals surface area contributed by atoms with E-state index in [1.165, 1.54) is 5.56 Å². The molecule has 1 aromatic carbocycles. The van der Waals surface area contributed by atoms with Gasteiger partial charge in [-0.1, -0.05) is 31.2 Å². The average Bonchev–Trinajstić information content (AvgIpc) is 2.36. The summed E-state index contributed by atoms with van der Waals surface area (Å²) in [5.41, 5.74) is 8.32. The highest BCUT2D eigenvalue weighted by atomic mass is 16.1. The Hall–Kier alpha value is -1.35. The van der Waals surface area contributed by atoms with Crippen LogP contribution in [-0.2, 0) is 11.2 Å². The molecule has 0 heterocycles. The molecule has 1 atom stereocenters. The second kappa shape index (κ2) is 5.74. The lowest BCUT2D eigenvalue weighted by molar-refractivity contribution is -0.123. The molecule has 0 saturated heterocycles. The smallest absolute Gasteiger partial charge is 0.222 e. The van der Waals surface area contributed by atoms with E-state index in [0.29, 0.717) is 6.42 Å². The van der Waals surface area contributed by atoms with E-state index in [2.05, 4.69) is 36.5 Å². The number of amides is 1. The third kappa shape index (κ3) is 3.57. The summed E-state index contributed by atoms with van der Waals surface area (Å²) in [6, 6.07) is 8.46. The number of aryl methyl sites for hydroxylation is 1. The minimum atomic E-state index is -0.240. The Morgan fingerprint density at radius 2 is 2.00 bits per heavy atom. The normalized spacial score (nSPS) is 18.5. The Balaban J connectivity index is 1.88. The zero-order chi connectivity index (χ0) is 13.9. The predicted molar refractivity (Wildman–Crippen MR) is 77.8 cm³/mol. The van der Waals surface area contributed by atoms with Gasteiger partial charge in [0.05, 0.1) is 6.04 Å². The zero-order valence-corrected chi connectivity index (χ0v) is 11.9. The summed E-state index contributed by atoms with van der Waals surface area (Å²) in [5, 5.41) is 3.04. The summed E-state index contributed by atoms with van der Waals surface area (Å²) < 4.78 is 0. The first-order valence-corrected chi connectivity index (χ1v) is 7.19. The molecule has 3 nitrogen and oxygen atoms in total. The van der Waals surface area contributed by atoms with Crippen LogP contribution < -0.4 is 11.1 Å². The topological polar surface area (TPSA) is 55.1 Å². The molecule has 1 saturated carbocycles. The minimum Gasteiger partial charge on any atom is -0.350 e. The van der Waals surface area contributed by atoms with Crippen LogP contribution in [-0.4, -0.2) is 11.4 Å². The Kier molecular flexibility index (Phi) is 4.25. The van der Waals surface area contributed by atoms with E-state index in [9.17, 15) is 4.79 Å². The van der Waals surface area contributed by atoms with Crippen molar-refractivity contribution in [3.63, 3.8) is 0 Å². The van der Waals surface area contributed by atoms with Crippen molar-refractivity contribution in [2.24, 2.45) is 5.73 Å². The van der Waals surface area contributed by atoms with Gasteiger partial charge in [0, 0.05) is 12.0 Å². The molecule has 19 heavy (non-hydrogen) atoms. The quantitative estimate of drug-likeness (QED) is 0.855. The molecule has 1 aliphatic carbocycles. The highest BCUT2D eigenvalue weighted by Crippen LogP contribution is 2.32. The van der Waals surface area contributed by atoms with E-state index < -0.39 is 0 Å². The van der Waals surface area contributed by atoms with Crippen LogP contribution >= 0.6 is 0 Å². The lowest BCUT2D eigenvalue weighted by Crippen LogP contribution is -2.50.